The van der Waals surface area contributed by atoms with Crippen LogP contribution in [0.3, 0.4) is 0 Å². The maximum Gasteiger partial charge on any atom is 0.0784 e. The van der Waals surface area contributed by atoms with E-state index in [0.29, 0.717) is 19.6 Å². The lowest BCUT2D eigenvalue weighted by molar-refractivity contribution is 0.0227. The Morgan fingerprint density at radius 2 is 2.25 bits per heavy atom. The number of ether oxygens (including phenoxy) is 2. The van der Waals surface area contributed by atoms with Crippen molar-refractivity contribution in [3.8, 4) is 6.07 Å². The van der Waals surface area contributed by atoms with Gasteiger partial charge < -0.3 is 9.47 Å². The highest BCUT2D eigenvalue weighted by atomic mass is 16.5. The Morgan fingerprint density at radius 1 is 1.50 bits per heavy atom. The number of methoxy groups -OCH3 is 1. The monoisotopic (exact) mass is 169 g/mol. The predicted octanol–water partition coefficient (Wildman–Crippen LogP) is 1.51. The molecule has 68 valence electrons. The molecule has 0 N–H and O–H groups in total. The fourth-order valence-corrected chi connectivity index (χ4v) is 0.707. The molecule has 0 rings (SSSR count). The first-order valence-corrected chi connectivity index (χ1v) is 3.93. The maximum atomic E-state index is 8.20. The van der Waals surface area contributed by atoms with Gasteiger partial charge in [-0.3, -0.25) is 0 Å². The Labute approximate surface area is 73.6 Å². The van der Waals surface area contributed by atoms with Crippen LogP contribution < -0.4 is 0 Å². The number of nitriles is 1. The van der Waals surface area contributed by atoms with Crippen molar-refractivity contribution in [2.24, 2.45) is 0 Å². The van der Waals surface area contributed by atoms with Gasteiger partial charge in [-0.25, -0.2) is 0 Å². The first-order valence-electron chi connectivity index (χ1n) is 3.93. The summed E-state index contributed by atoms with van der Waals surface area (Å²) in [7, 11) is 1.64. The van der Waals surface area contributed by atoms with Crippen molar-refractivity contribution in [3.63, 3.8) is 0 Å². The van der Waals surface area contributed by atoms with Crippen LogP contribution in [0.15, 0.2) is 12.2 Å². The molecule has 0 aromatic rings. The van der Waals surface area contributed by atoms with Gasteiger partial charge in [0.15, 0.2) is 0 Å². The van der Waals surface area contributed by atoms with E-state index in [2.05, 4.69) is 0 Å². The molecule has 3 nitrogen and oxygen atoms in total. The summed E-state index contributed by atoms with van der Waals surface area (Å²) in [4.78, 5) is 0. The molecule has 0 aromatic carbocycles. The van der Waals surface area contributed by atoms with Crippen LogP contribution in [-0.2, 0) is 9.47 Å². The fraction of sp³-hybridized carbons (Fsp3) is 0.667. The molecular weight excluding hydrogens is 154 g/mol. The lowest BCUT2D eigenvalue weighted by Gasteiger charge is -2.09. The molecule has 0 aromatic heterocycles. The van der Waals surface area contributed by atoms with Gasteiger partial charge >= 0.3 is 0 Å². The number of nitrogens with zero attached hydrogens (tertiary/aromatic N) is 1. The zero-order chi connectivity index (χ0) is 9.23. The molecule has 0 radical (unpaired) electrons. The quantitative estimate of drug-likeness (QED) is 0.566. The second-order valence-corrected chi connectivity index (χ2v) is 2.43. The van der Waals surface area contributed by atoms with Crippen LogP contribution in [0, 0.1) is 11.3 Å². The summed E-state index contributed by atoms with van der Waals surface area (Å²) in [5.41, 5.74) is 0. The second kappa shape index (κ2) is 8.25. The summed E-state index contributed by atoms with van der Waals surface area (Å²) in [6, 6.07) is 2.01. The van der Waals surface area contributed by atoms with Crippen molar-refractivity contribution < 1.29 is 9.47 Å². The molecule has 0 aliphatic carbocycles. The maximum absolute atomic E-state index is 8.20. The van der Waals surface area contributed by atoms with Crippen LogP contribution in [0.2, 0.25) is 0 Å². The molecule has 3 heteroatoms. The van der Waals surface area contributed by atoms with E-state index in [1.54, 1.807) is 13.2 Å². The molecule has 12 heavy (non-hydrogen) atoms. The molecule has 0 bridgehead atoms. The number of allylic oxidation sites excluding steroid dienone is 1. The molecule has 0 fully saturated rings. The Morgan fingerprint density at radius 3 is 2.83 bits per heavy atom. The average Bonchev–Trinajstić information content (AvgIpc) is 2.05. The van der Waals surface area contributed by atoms with Crippen LogP contribution in [0.25, 0.3) is 0 Å². The van der Waals surface area contributed by atoms with Crippen molar-refractivity contribution in [1.29, 1.82) is 5.26 Å². The third-order valence-corrected chi connectivity index (χ3v) is 1.25. The third kappa shape index (κ3) is 7.26. The number of hydrogen-bond donors (Lipinski definition) is 0. The van der Waals surface area contributed by atoms with Crippen molar-refractivity contribution in [2.75, 3.05) is 20.3 Å². The zero-order valence-corrected chi connectivity index (χ0v) is 7.62. The highest BCUT2D eigenvalue weighted by molar-refractivity contribution is 4.90. The molecule has 1 unspecified atom stereocenters. The minimum absolute atomic E-state index is 0.113. The van der Waals surface area contributed by atoms with E-state index in [1.165, 1.54) is 0 Å². The van der Waals surface area contributed by atoms with E-state index in [9.17, 15) is 0 Å². The van der Waals surface area contributed by atoms with Crippen molar-refractivity contribution in [3.05, 3.63) is 12.2 Å². The second-order valence-electron chi connectivity index (χ2n) is 2.43. The summed E-state index contributed by atoms with van der Waals surface area (Å²) in [5.74, 6) is 0. The van der Waals surface area contributed by atoms with Crippen LogP contribution in [0.1, 0.15) is 13.3 Å². The topological polar surface area (TPSA) is 42.2 Å². The highest BCUT2D eigenvalue weighted by Crippen LogP contribution is 1.91. The molecular formula is C9H15NO2. The Hall–Kier alpha value is -0.850. The van der Waals surface area contributed by atoms with E-state index in [1.807, 2.05) is 19.1 Å². The van der Waals surface area contributed by atoms with E-state index >= 15 is 0 Å². The van der Waals surface area contributed by atoms with Gasteiger partial charge in [0, 0.05) is 7.11 Å². The van der Waals surface area contributed by atoms with Gasteiger partial charge in [0.2, 0.25) is 0 Å². The van der Waals surface area contributed by atoms with E-state index in [-0.39, 0.29) is 6.10 Å². The fourth-order valence-electron chi connectivity index (χ4n) is 0.707. The van der Waals surface area contributed by atoms with Gasteiger partial charge in [-0.05, 0) is 6.92 Å². The SMILES string of the molecule is COCC(C)OCC=CCC#N. The molecule has 0 heterocycles. The molecule has 0 amide bonds. The smallest absolute Gasteiger partial charge is 0.0784 e. The van der Waals surface area contributed by atoms with Crippen LogP contribution in [0.5, 0.6) is 0 Å². The van der Waals surface area contributed by atoms with Gasteiger partial charge in [0.05, 0.1) is 31.8 Å². The van der Waals surface area contributed by atoms with Gasteiger partial charge in [-0.15, -0.1) is 0 Å². The first-order chi connectivity index (χ1) is 5.81. The van der Waals surface area contributed by atoms with Crippen LogP contribution in [-0.4, -0.2) is 26.4 Å². The molecule has 0 aliphatic rings. The average molecular weight is 169 g/mol. The molecule has 0 aliphatic heterocycles. The molecule has 0 spiro atoms. The molecule has 1 atom stereocenters. The van der Waals surface area contributed by atoms with Crippen molar-refractivity contribution in [1.82, 2.24) is 0 Å². The van der Waals surface area contributed by atoms with Gasteiger partial charge in [0.25, 0.3) is 0 Å². The van der Waals surface area contributed by atoms with Gasteiger partial charge in [0.1, 0.15) is 0 Å². The molecule has 0 saturated heterocycles. The van der Waals surface area contributed by atoms with Crippen molar-refractivity contribution >= 4 is 0 Å². The first kappa shape index (κ1) is 11.2. The minimum Gasteiger partial charge on any atom is -0.382 e. The van der Waals surface area contributed by atoms with E-state index in [4.69, 9.17) is 14.7 Å². The summed E-state index contributed by atoms with van der Waals surface area (Å²) in [5, 5.41) is 8.20. The summed E-state index contributed by atoms with van der Waals surface area (Å²) >= 11 is 0. The summed E-state index contributed by atoms with van der Waals surface area (Å²) in [6.45, 7) is 3.10. The predicted molar refractivity (Wildman–Crippen MR) is 46.7 cm³/mol. The largest absolute Gasteiger partial charge is 0.382 e. The van der Waals surface area contributed by atoms with Crippen LogP contribution in [0.4, 0.5) is 0 Å². The zero-order valence-electron chi connectivity index (χ0n) is 7.62. The van der Waals surface area contributed by atoms with Gasteiger partial charge in [-0.2, -0.15) is 5.26 Å². The normalized spacial score (nSPS) is 13.1. The summed E-state index contributed by atoms with van der Waals surface area (Å²) < 4.78 is 10.2. The summed E-state index contributed by atoms with van der Waals surface area (Å²) in [6.07, 6.45) is 4.19. The van der Waals surface area contributed by atoms with E-state index in [0.717, 1.165) is 0 Å². The Balaban J connectivity index is 3.25. The minimum atomic E-state index is 0.113. The highest BCUT2D eigenvalue weighted by Gasteiger charge is 1.97. The standard InChI is InChI=1S/C9H15NO2/c1-9(8-11-2)12-7-5-3-4-6-10/h3,5,9H,4,7-8H2,1-2H3. The van der Waals surface area contributed by atoms with Gasteiger partial charge in [-0.1, -0.05) is 12.2 Å². The Bertz CT molecular complexity index is 160. The third-order valence-electron chi connectivity index (χ3n) is 1.25. The lowest BCUT2D eigenvalue weighted by Crippen LogP contribution is -2.14. The number of rotatable bonds is 6. The number of hydrogen-bond acceptors (Lipinski definition) is 3. The van der Waals surface area contributed by atoms with Crippen LogP contribution >= 0.6 is 0 Å². The Kier molecular flexibility index (Phi) is 7.66. The molecule has 0 saturated carbocycles. The van der Waals surface area contributed by atoms with E-state index < -0.39 is 0 Å². The lowest BCUT2D eigenvalue weighted by atomic mass is 10.4. The van der Waals surface area contributed by atoms with Crippen molar-refractivity contribution in [2.45, 2.75) is 19.4 Å².